The molecule has 2 unspecified atom stereocenters. The topological polar surface area (TPSA) is 44.9 Å². The van der Waals surface area contributed by atoms with Crippen LogP contribution in [0.2, 0.25) is 0 Å². The van der Waals surface area contributed by atoms with Gasteiger partial charge >= 0.3 is 0 Å². The number of carbonyl (C=O) groups is 1. The molecule has 0 saturated carbocycles. The van der Waals surface area contributed by atoms with Crippen molar-refractivity contribution in [1.29, 1.82) is 0 Å². The minimum Gasteiger partial charge on any atom is -0.351 e. The summed E-state index contributed by atoms with van der Waals surface area (Å²) in [5.41, 5.74) is 1.64. The molecule has 0 fully saturated rings. The smallest absolute Gasteiger partial charge is 0.267 e. The number of para-hydroxylation sites is 1. The number of hydrogen-bond donors (Lipinski definition) is 2. The van der Waals surface area contributed by atoms with Gasteiger partial charge in [0.05, 0.1) is 0 Å². The van der Waals surface area contributed by atoms with Crippen LogP contribution in [0.25, 0.3) is 10.9 Å². The third-order valence-corrected chi connectivity index (χ3v) is 3.60. The first-order valence-electron chi connectivity index (χ1n) is 6.98. The fourth-order valence-electron chi connectivity index (χ4n) is 2.33. The number of aromatic nitrogens is 1. The van der Waals surface area contributed by atoms with Crippen LogP contribution in [-0.4, -0.2) is 16.9 Å². The van der Waals surface area contributed by atoms with E-state index in [1.165, 1.54) is 0 Å². The Balaban J connectivity index is 2.03. The first-order valence-corrected chi connectivity index (χ1v) is 6.98. The zero-order chi connectivity index (χ0) is 13.8. The molecule has 0 aliphatic heterocycles. The van der Waals surface area contributed by atoms with Gasteiger partial charge in [0, 0.05) is 16.9 Å². The molecule has 0 bridgehead atoms. The van der Waals surface area contributed by atoms with Gasteiger partial charge in [0.1, 0.15) is 5.69 Å². The standard InChI is InChI=1S/C16H22N2O/c1-4-11(2)9-12(3)17-16(19)15-10-13-7-5-6-8-14(13)18-15/h5-8,10-12,18H,4,9H2,1-3H3,(H,17,19). The zero-order valence-corrected chi connectivity index (χ0v) is 11.9. The summed E-state index contributed by atoms with van der Waals surface area (Å²) in [6, 6.07) is 10.0. The van der Waals surface area contributed by atoms with Crippen LogP contribution < -0.4 is 5.32 Å². The Labute approximate surface area is 114 Å². The summed E-state index contributed by atoms with van der Waals surface area (Å²) in [4.78, 5) is 15.3. The predicted octanol–water partition coefficient (Wildman–Crippen LogP) is 3.72. The van der Waals surface area contributed by atoms with E-state index in [0.29, 0.717) is 11.6 Å². The monoisotopic (exact) mass is 258 g/mol. The Hall–Kier alpha value is -1.77. The van der Waals surface area contributed by atoms with E-state index in [1.807, 2.05) is 30.3 Å². The second-order valence-corrected chi connectivity index (χ2v) is 5.39. The Morgan fingerprint density at radius 3 is 2.74 bits per heavy atom. The number of rotatable bonds is 5. The number of nitrogens with one attached hydrogen (secondary N) is 2. The highest BCUT2D eigenvalue weighted by molar-refractivity contribution is 5.98. The lowest BCUT2D eigenvalue weighted by Gasteiger charge is -2.17. The lowest BCUT2D eigenvalue weighted by molar-refractivity contribution is 0.0931. The maximum absolute atomic E-state index is 12.2. The third-order valence-electron chi connectivity index (χ3n) is 3.60. The van der Waals surface area contributed by atoms with E-state index in [1.54, 1.807) is 0 Å². The summed E-state index contributed by atoms with van der Waals surface area (Å²) in [7, 11) is 0. The SMILES string of the molecule is CCC(C)CC(C)NC(=O)c1cc2ccccc2[nH]1. The molecule has 2 atom stereocenters. The summed E-state index contributed by atoms with van der Waals surface area (Å²) in [5.74, 6) is 0.616. The van der Waals surface area contributed by atoms with Crippen molar-refractivity contribution in [2.45, 2.75) is 39.7 Å². The van der Waals surface area contributed by atoms with Crippen molar-refractivity contribution in [3.63, 3.8) is 0 Å². The van der Waals surface area contributed by atoms with E-state index in [9.17, 15) is 4.79 Å². The van der Waals surface area contributed by atoms with E-state index in [-0.39, 0.29) is 11.9 Å². The number of carbonyl (C=O) groups excluding carboxylic acids is 1. The van der Waals surface area contributed by atoms with Crippen LogP contribution in [0.4, 0.5) is 0 Å². The Morgan fingerprint density at radius 1 is 1.32 bits per heavy atom. The van der Waals surface area contributed by atoms with Crippen LogP contribution in [0.3, 0.4) is 0 Å². The van der Waals surface area contributed by atoms with E-state index >= 15 is 0 Å². The van der Waals surface area contributed by atoms with Gasteiger partial charge in [-0.3, -0.25) is 4.79 Å². The van der Waals surface area contributed by atoms with Gasteiger partial charge in [-0.05, 0) is 31.4 Å². The molecule has 3 heteroatoms. The molecule has 0 aliphatic carbocycles. The van der Waals surface area contributed by atoms with Crippen molar-refractivity contribution in [1.82, 2.24) is 10.3 Å². The molecule has 1 aromatic heterocycles. The van der Waals surface area contributed by atoms with Crippen LogP contribution in [0.5, 0.6) is 0 Å². The molecule has 2 rings (SSSR count). The van der Waals surface area contributed by atoms with Gasteiger partial charge < -0.3 is 10.3 Å². The van der Waals surface area contributed by atoms with Crippen LogP contribution >= 0.6 is 0 Å². The zero-order valence-electron chi connectivity index (χ0n) is 11.9. The Bertz CT molecular complexity index is 526. The fourth-order valence-corrected chi connectivity index (χ4v) is 2.33. The van der Waals surface area contributed by atoms with E-state index in [2.05, 4.69) is 31.1 Å². The van der Waals surface area contributed by atoms with Crippen molar-refractivity contribution in [3.8, 4) is 0 Å². The normalized spacial score (nSPS) is 14.3. The summed E-state index contributed by atoms with van der Waals surface area (Å²) < 4.78 is 0. The molecule has 19 heavy (non-hydrogen) atoms. The quantitative estimate of drug-likeness (QED) is 0.843. The molecule has 0 aliphatic rings. The summed E-state index contributed by atoms with van der Waals surface area (Å²) in [6.45, 7) is 6.45. The van der Waals surface area contributed by atoms with Crippen LogP contribution in [0, 0.1) is 5.92 Å². The number of aromatic amines is 1. The molecule has 1 amide bonds. The lowest BCUT2D eigenvalue weighted by atomic mass is 10.0. The molecule has 0 radical (unpaired) electrons. The van der Waals surface area contributed by atoms with Gasteiger partial charge in [-0.2, -0.15) is 0 Å². The molecular weight excluding hydrogens is 236 g/mol. The molecule has 102 valence electrons. The number of amides is 1. The maximum atomic E-state index is 12.2. The molecular formula is C16H22N2O. The van der Waals surface area contributed by atoms with Crippen molar-refractivity contribution in [2.24, 2.45) is 5.92 Å². The van der Waals surface area contributed by atoms with Gasteiger partial charge in [0.15, 0.2) is 0 Å². The summed E-state index contributed by atoms with van der Waals surface area (Å²) in [5, 5.41) is 4.12. The largest absolute Gasteiger partial charge is 0.351 e. The number of fused-ring (bicyclic) bond motifs is 1. The first kappa shape index (κ1) is 13.7. The fraction of sp³-hybridized carbons (Fsp3) is 0.438. The molecule has 0 spiro atoms. The number of H-pyrrole nitrogens is 1. The van der Waals surface area contributed by atoms with E-state index < -0.39 is 0 Å². The average molecular weight is 258 g/mol. The highest BCUT2D eigenvalue weighted by Crippen LogP contribution is 2.15. The minimum atomic E-state index is -0.0213. The second kappa shape index (κ2) is 5.91. The Morgan fingerprint density at radius 2 is 2.05 bits per heavy atom. The summed E-state index contributed by atoms with van der Waals surface area (Å²) in [6.07, 6.45) is 2.16. The molecule has 0 saturated heterocycles. The van der Waals surface area contributed by atoms with Gasteiger partial charge in [-0.15, -0.1) is 0 Å². The van der Waals surface area contributed by atoms with Gasteiger partial charge in [-0.25, -0.2) is 0 Å². The van der Waals surface area contributed by atoms with Crippen molar-refractivity contribution >= 4 is 16.8 Å². The average Bonchev–Trinajstić information content (AvgIpc) is 2.82. The summed E-state index contributed by atoms with van der Waals surface area (Å²) >= 11 is 0. The minimum absolute atomic E-state index is 0.0213. The first-order chi connectivity index (χ1) is 9.10. The van der Waals surface area contributed by atoms with Gasteiger partial charge in [0.2, 0.25) is 0 Å². The highest BCUT2D eigenvalue weighted by Gasteiger charge is 2.13. The van der Waals surface area contributed by atoms with Crippen LogP contribution in [0.15, 0.2) is 30.3 Å². The van der Waals surface area contributed by atoms with Crippen LogP contribution in [0.1, 0.15) is 44.1 Å². The molecule has 3 nitrogen and oxygen atoms in total. The van der Waals surface area contributed by atoms with E-state index in [0.717, 1.165) is 23.7 Å². The van der Waals surface area contributed by atoms with Gasteiger partial charge in [-0.1, -0.05) is 38.5 Å². The van der Waals surface area contributed by atoms with Crippen molar-refractivity contribution in [3.05, 3.63) is 36.0 Å². The van der Waals surface area contributed by atoms with Gasteiger partial charge in [0.25, 0.3) is 5.91 Å². The van der Waals surface area contributed by atoms with Crippen LogP contribution in [-0.2, 0) is 0 Å². The van der Waals surface area contributed by atoms with Crippen molar-refractivity contribution < 1.29 is 4.79 Å². The van der Waals surface area contributed by atoms with Crippen molar-refractivity contribution in [2.75, 3.05) is 0 Å². The lowest BCUT2D eigenvalue weighted by Crippen LogP contribution is -2.33. The molecule has 2 aromatic rings. The predicted molar refractivity (Wildman–Crippen MR) is 79.3 cm³/mol. The third kappa shape index (κ3) is 3.37. The highest BCUT2D eigenvalue weighted by atomic mass is 16.1. The number of hydrogen-bond acceptors (Lipinski definition) is 1. The molecule has 1 aromatic carbocycles. The maximum Gasteiger partial charge on any atom is 0.267 e. The second-order valence-electron chi connectivity index (χ2n) is 5.39. The number of benzene rings is 1. The van der Waals surface area contributed by atoms with E-state index in [4.69, 9.17) is 0 Å². The molecule has 1 heterocycles. The molecule has 2 N–H and O–H groups in total. The Kier molecular flexibility index (Phi) is 4.25.